The van der Waals surface area contributed by atoms with Crippen LogP contribution in [0.5, 0.6) is 0 Å². The Hall–Kier alpha value is -3.20. The summed E-state index contributed by atoms with van der Waals surface area (Å²) in [4.78, 5) is 17.7. The number of pyridine rings is 1. The van der Waals surface area contributed by atoms with E-state index in [0.717, 1.165) is 32.6 Å². The zero-order valence-corrected chi connectivity index (χ0v) is 21.4. The van der Waals surface area contributed by atoms with Crippen LogP contribution in [-0.2, 0) is 21.4 Å². The summed E-state index contributed by atoms with van der Waals surface area (Å²) in [6.07, 6.45) is 0. The molecular formula is C27H27N3O3S2. The lowest BCUT2D eigenvalue weighted by molar-refractivity contribution is -0.115. The van der Waals surface area contributed by atoms with Crippen LogP contribution in [0.25, 0.3) is 10.9 Å². The summed E-state index contributed by atoms with van der Waals surface area (Å²) < 4.78 is 27.8. The molecule has 1 heterocycles. The Balaban J connectivity index is 1.39. The van der Waals surface area contributed by atoms with Crippen LogP contribution in [-0.4, -0.2) is 24.6 Å². The minimum Gasteiger partial charge on any atom is -0.325 e. The minimum atomic E-state index is -3.66. The van der Waals surface area contributed by atoms with Crippen LogP contribution < -0.4 is 10.0 Å². The highest BCUT2D eigenvalue weighted by Gasteiger charge is 2.18. The predicted molar refractivity (Wildman–Crippen MR) is 142 cm³/mol. The molecule has 1 atom stereocenters. The second-order valence-corrected chi connectivity index (χ2v) is 11.5. The van der Waals surface area contributed by atoms with Crippen molar-refractivity contribution >= 4 is 44.3 Å². The number of carbonyl (C=O) groups excluding carboxylic acids is 1. The van der Waals surface area contributed by atoms with Gasteiger partial charge in [0.05, 0.1) is 20.7 Å². The number of rotatable bonds is 8. The summed E-state index contributed by atoms with van der Waals surface area (Å²) in [5, 5.41) is 4.37. The van der Waals surface area contributed by atoms with E-state index in [9.17, 15) is 13.2 Å². The highest BCUT2D eigenvalue weighted by Crippen LogP contribution is 2.28. The molecule has 0 aliphatic carbocycles. The lowest BCUT2D eigenvalue weighted by Crippen LogP contribution is -2.24. The molecule has 0 aliphatic heterocycles. The molecule has 0 aliphatic rings. The van der Waals surface area contributed by atoms with Crippen molar-refractivity contribution in [1.82, 2.24) is 9.71 Å². The molecule has 0 bridgehead atoms. The standard InChI is InChI=1S/C27H27N3O3S2/c1-18-8-7-11-24-19(2)16-25(30-26(18)24)34-20(3)27(31)29-22-12-14-23(15-13-22)35(32,33)28-17-21-9-5-4-6-10-21/h4-16,20,28H,17H2,1-3H3,(H,29,31). The fourth-order valence-electron chi connectivity index (χ4n) is 3.64. The first kappa shape index (κ1) is 24.9. The van der Waals surface area contributed by atoms with E-state index in [1.165, 1.54) is 23.9 Å². The van der Waals surface area contributed by atoms with Gasteiger partial charge in [0.15, 0.2) is 0 Å². The van der Waals surface area contributed by atoms with Gasteiger partial charge in [-0.05, 0) is 67.8 Å². The fourth-order valence-corrected chi connectivity index (χ4v) is 5.58. The molecule has 4 aromatic rings. The van der Waals surface area contributed by atoms with Crippen molar-refractivity contribution in [3.8, 4) is 0 Å². The summed E-state index contributed by atoms with van der Waals surface area (Å²) in [6, 6.07) is 23.6. The number of nitrogens with one attached hydrogen (secondary N) is 2. The van der Waals surface area contributed by atoms with Crippen LogP contribution in [0.2, 0.25) is 0 Å². The van der Waals surface area contributed by atoms with Gasteiger partial charge in [0.1, 0.15) is 0 Å². The molecule has 0 saturated heterocycles. The number of thioether (sulfide) groups is 1. The summed E-state index contributed by atoms with van der Waals surface area (Å²) >= 11 is 1.39. The molecule has 3 aromatic carbocycles. The summed E-state index contributed by atoms with van der Waals surface area (Å²) in [6.45, 7) is 6.10. The van der Waals surface area contributed by atoms with Crippen molar-refractivity contribution in [2.75, 3.05) is 5.32 Å². The number of amides is 1. The Labute approximate surface area is 210 Å². The average Bonchev–Trinajstić information content (AvgIpc) is 2.84. The highest BCUT2D eigenvalue weighted by atomic mass is 32.2. The highest BCUT2D eigenvalue weighted by molar-refractivity contribution is 8.00. The minimum absolute atomic E-state index is 0.139. The van der Waals surface area contributed by atoms with E-state index in [0.29, 0.717) is 5.69 Å². The Morgan fingerprint density at radius 2 is 1.66 bits per heavy atom. The number of aromatic nitrogens is 1. The summed E-state index contributed by atoms with van der Waals surface area (Å²) in [5.74, 6) is -0.183. The molecule has 0 fully saturated rings. The van der Waals surface area contributed by atoms with Gasteiger partial charge in [0, 0.05) is 17.6 Å². The zero-order valence-electron chi connectivity index (χ0n) is 19.8. The van der Waals surface area contributed by atoms with Crippen molar-refractivity contribution in [2.24, 2.45) is 0 Å². The molecule has 35 heavy (non-hydrogen) atoms. The molecule has 2 N–H and O–H groups in total. The van der Waals surface area contributed by atoms with Gasteiger partial charge >= 0.3 is 0 Å². The number of sulfonamides is 1. The lowest BCUT2D eigenvalue weighted by atomic mass is 10.1. The first-order valence-corrected chi connectivity index (χ1v) is 13.6. The largest absolute Gasteiger partial charge is 0.325 e. The van der Waals surface area contributed by atoms with Crippen LogP contribution in [0.4, 0.5) is 5.69 Å². The molecule has 0 saturated carbocycles. The topological polar surface area (TPSA) is 88.2 Å². The normalized spacial score (nSPS) is 12.4. The molecule has 8 heteroatoms. The third-order valence-electron chi connectivity index (χ3n) is 5.63. The fraction of sp³-hybridized carbons (Fsp3) is 0.185. The number of hydrogen-bond donors (Lipinski definition) is 2. The van der Waals surface area contributed by atoms with Crippen molar-refractivity contribution in [2.45, 2.75) is 42.5 Å². The van der Waals surface area contributed by atoms with Gasteiger partial charge in [-0.3, -0.25) is 4.79 Å². The predicted octanol–water partition coefficient (Wildman–Crippen LogP) is 5.45. The van der Waals surface area contributed by atoms with E-state index in [4.69, 9.17) is 4.98 Å². The third-order valence-corrected chi connectivity index (χ3v) is 8.07. The van der Waals surface area contributed by atoms with Crippen molar-refractivity contribution in [1.29, 1.82) is 0 Å². The van der Waals surface area contributed by atoms with E-state index >= 15 is 0 Å². The number of benzene rings is 3. The second-order valence-electron chi connectivity index (χ2n) is 8.33. The number of para-hydroxylation sites is 1. The maximum atomic E-state index is 12.8. The molecule has 180 valence electrons. The SMILES string of the molecule is Cc1cc(SC(C)C(=O)Nc2ccc(S(=O)(=O)NCc3ccccc3)cc2)nc2c(C)cccc12. The smallest absolute Gasteiger partial charge is 0.240 e. The van der Waals surface area contributed by atoms with Gasteiger partial charge in [0.2, 0.25) is 15.9 Å². The molecule has 1 aromatic heterocycles. The molecule has 0 spiro atoms. The van der Waals surface area contributed by atoms with Gasteiger partial charge in [-0.2, -0.15) is 0 Å². The van der Waals surface area contributed by atoms with Crippen molar-refractivity contribution in [3.63, 3.8) is 0 Å². The monoisotopic (exact) mass is 505 g/mol. The maximum Gasteiger partial charge on any atom is 0.240 e. The third kappa shape index (κ3) is 6.08. The van der Waals surface area contributed by atoms with Crippen LogP contribution in [0.15, 0.2) is 88.8 Å². The molecular weight excluding hydrogens is 478 g/mol. The van der Waals surface area contributed by atoms with Crippen LogP contribution in [0.1, 0.15) is 23.6 Å². The van der Waals surface area contributed by atoms with E-state index < -0.39 is 10.0 Å². The average molecular weight is 506 g/mol. The Morgan fingerprint density at radius 1 is 0.943 bits per heavy atom. The van der Waals surface area contributed by atoms with Gasteiger partial charge in [-0.25, -0.2) is 18.1 Å². The molecule has 1 unspecified atom stereocenters. The Kier molecular flexibility index (Phi) is 7.54. The summed E-state index contributed by atoms with van der Waals surface area (Å²) in [5.41, 5.74) is 4.56. The first-order valence-electron chi connectivity index (χ1n) is 11.2. The maximum absolute atomic E-state index is 12.8. The number of aryl methyl sites for hydroxylation is 2. The van der Waals surface area contributed by atoms with E-state index in [2.05, 4.69) is 16.1 Å². The Morgan fingerprint density at radius 3 is 2.37 bits per heavy atom. The zero-order chi connectivity index (χ0) is 25.0. The molecule has 0 radical (unpaired) electrons. The van der Waals surface area contributed by atoms with Gasteiger partial charge in [0.25, 0.3) is 0 Å². The number of hydrogen-bond acceptors (Lipinski definition) is 5. The van der Waals surface area contributed by atoms with Crippen LogP contribution >= 0.6 is 11.8 Å². The van der Waals surface area contributed by atoms with Gasteiger partial charge in [-0.15, -0.1) is 0 Å². The van der Waals surface area contributed by atoms with Crippen LogP contribution in [0, 0.1) is 13.8 Å². The van der Waals surface area contributed by atoms with E-state index in [-0.39, 0.29) is 22.6 Å². The first-order chi connectivity index (χ1) is 16.7. The van der Waals surface area contributed by atoms with Gasteiger partial charge < -0.3 is 5.32 Å². The van der Waals surface area contributed by atoms with Gasteiger partial charge in [-0.1, -0.05) is 60.3 Å². The molecule has 1 amide bonds. The second kappa shape index (κ2) is 10.6. The number of nitrogens with zero attached hydrogens (tertiary/aromatic N) is 1. The molecule has 6 nitrogen and oxygen atoms in total. The van der Waals surface area contributed by atoms with E-state index in [1.54, 1.807) is 12.1 Å². The molecule has 4 rings (SSSR count). The Bertz CT molecular complexity index is 1450. The number of carbonyl (C=O) groups is 1. The lowest BCUT2D eigenvalue weighted by Gasteiger charge is -2.14. The quantitative estimate of drug-likeness (QED) is 0.311. The number of fused-ring (bicyclic) bond motifs is 1. The van der Waals surface area contributed by atoms with Crippen LogP contribution in [0.3, 0.4) is 0 Å². The summed E-state index contributed by atoms with van der Waals surface area (Å²) in [7, 11) is -3.66. The number of anilines is 1. The van der Waals surface area contributed by atoms with E-state index in [1.807, 2.05) is 69.3 Å². The van der Waals surface area contributed by atoms with Crippen molar-refractivity contribution in [3.05, 3.63) is 95.6 Å². The van der Waals surface area contributed by atoms with Crippen molar-refractivity contribution < 1.29 is 13.2 Å².